The third-order valence-corrected chi connectivity index (χ3v) is 14.3. The van der Waals surface area contributed by atoms with Crippen LogP contribution in [0.25, 0.3) is 10.8 Å². The molecule has 4 aliphatic rings. The van der Waals surface area contributed by atoms with E-state index in [9.17, 15) is 40.8 Å². The molecule has 1 saturated heterocycles. The highest BCUT2D eigenvalue weighted by Gasteiger charge is 2.64. The Balaban J connectivity index is 1.36. The van der Waals surface area contributed by atoms with Crippen LogP contribution in [0.5, 0.6) is 11.8 Å². The number of halogens is 3. The molecule has 1 unspecified atom stereocenters. The molecule has 0 bridgehead atoms. The number of alkyl carbamates (subject to hydrolysis) is 1. The number of allylic oxidation sites excluding steroid dienone is 1. The van der Waals surface area contributed by atoms with Crippen molar-refractivity contribution >= 4 is 44.6 Å². The van der Waals surface area contributed by atoms with E-state index < -0.39 is 92.3 Å². The number of ether oxygens (including phenoxy) is 3. The second kappa shape index (κ2) is 16.4. The number of sulfonamides is 1. The lowest BCUT2D eigenvalue weighted by Gasteiger charge is -2.35. The Labute approximate surface area is 342 Å². The van der Waals surface area contributed by atoms with Crippen LogP contribution in [0.3, 0.4) is 0 Å². The van der Waals surface area contributed by atoms with E-state index >= 15 is 0 Å². The highest BCUT2D eigenvalue weighted by molar-refractivity contribution is 7.91. The predicted molar refractivity (Wildman–Crippen MR) is 211 cm³/mol. The molecule has 2 aliphatic heterocycles. The molecule has 14 nitrogen and oxygen atoms in total. The maximum Gasteiger partial charge on any atom is 0.408 e. The number of fused-ring (bicyclic) bond motifs is 3. The molecule has 3 heterocycles. The molecule has 6 rings (SSSR count). The van der Waals surface area contributed by atoms with Crippen LogP contribution >= 0.6 is 0 Å². The van der Waals surface area contributed by atoms with Gasteiger partial charge in [0.2, 0.25) is 33.6 Å². The first-order chi connectivity index (χ1) is 27.7. The maximum atomic E-state index is 14.8. The molecule has 3 fully saturated rings. The topological polar surface area (TPSA) is 182 Å². The van der Waals surface area contributed by atoms with Gasteiger partial charge < -0.3 is 29.7 Å². The minimum Gasteiger partial charge on any atom is -0.478 e. The molecule has 2 aliphatic carbocycles. The Kier molecular flexibility index (Phi) is 12.3. The summed E-state index contributed by atoms with van der Waals surface area (Å²) in [5.41, 5.74) is -3.97. The summed E-state index contributed by atoms with van der Waals surface area (Å²) in [7, 11) is -4.44. The van der Waals surface area contributed by atoms with Crippen molar-refractivity contribution in [3.05, 3.63) is 42.5 Å². The van der Waals surface area contributed by atoms with Gasteiger partial charge in [-0.3, -0.25) is 19.1 Å². The number of hydrogen-bond acceptors (Lipinski definition) is 10. The summed E-state index contributed by atoms with van der Waals surface area (Å²) >= 11 is 0. The number of rotatable bonds is 11. The van der Waals surface area contributed by atoms with E-state index in [2.05, 4.69) is 15.6 Å². The summed E-state index contributed by atoms with van der Waals surface area (Å²) in [5, 5.41) is 6.67. The minimum atomic E-state index is -4.44. The van der Waals surface area contributed by atoms with Gasteiger partial charge in [-0.2, -0.15) is 4.98 Å². The van der Waals surface area contributed by atoms with Crippen LogP contribution in [0.1, 0.15) is 86.5 Å². The number of alkyl halides is 3. The quantitative estimate of drug-likeness (QED) is 0.250. The maximum absolute atomic E-state index is 14.8. The van der Waals surface area contributed by atoms with Crippen molar-refractivity contribution in [2.24, 2.45) is 17.8 Å². The molecular weight excluding hydrogens is 796 g/mol. The molecule has 0 spiro atoms. The molecular formula is C41H54F3N5O9S. The molecule has 2 aromatic rings. The second-order valence-corrected chi connectivity index (χ2v) is 19.2. The van der Waals surface area contributed by atoms with Crippen molar-refractivity contribution in [1.29, 1.82) is 0 Å². The predicted octanol–water partition coefficient (Wildman–Crippen LogP) is 5.35. The normalized spacial score (nSPS) is 29.1. The average molecular weight is 850 g/mol. The third kappa shape index (κ3) is 9.11. The minimum absolute atomic E-state index is 0.0145. The smallest absolute Gasteiger partial charge is 0.408 e. The highest BCUT2D eigenvalue weighted by atomic mass is 32.2. The zero-order chi connectivity index (χ0) is 43.1. The monoisotopic (exact) mass is 849 g/mol. The zero-order valence-corrected chi connectivity index (χ0v) is 35.0. The van der Waals surface area contributed by atoms with Crippen LogP contribution in [-0.4, -0.2) is 102 Å². The van der Waals surface area contributed by atoms with Crippen molar-refractivity contribution in [3.63, 3.8) is 0 Å². The number of carbonyl (C=O) groups is 4. The van der Waals surface area contributed by atoms with Crippen molar-refractivity contribution < 1.29 is 55.0 Å². The van der Waals surface area contributed by atoms with E-state index in [1.165, 1.54) is 4.90 Å². The third-order valence-electron chi connectivity index (χ3n) is 12.2. The van der Waals surface area contributed by atoms with Gasteiger partial charge in [-0.25, -0.2) is 26.4 Å². The van der Waals surface area contributed by atoms with Crippen LogP contribution in [0.4, 0.5) is 18.0 Å². The second-order valence-electron chi connectivity index (χ2n) is 17.2. The highest BCUT2D eigenvalue weighted by Crippen LogP contribution is 2.48. The van der Waals surface area contributed by atoms with Gasteiger partial charge in [-0.1, -0.05) is 44.2 Å². The number of pyridine rings is 1. The first-order valence-corrected chi connectivity index (χ1v) is 21.6. The molecule has 3 N–H and O–H groups in total. The van der Waals surface area contributed by atoms with Gasteiger partial charge in [0.1, 0.15) is 35.1 Å². The van der Waals surface area contributed by atoms with E-state index in [0.717, 1.165) is 19.2 Å². The lowest BCUT2D eigenvalue weighted by molar-refractivity contribution is -0.152. The Bertz CT molecular complexity index is 2090. The lowest BCUT2D eigenvalue weighted by atomic mass is 9.88. The molecule has 0 radical (unpaired) electrons. The summed E-state index contributed by atoms with van der Waals surface area (Å²) in [6, 6.07) is 6.34. The van der Waals surface area contributed by atoms with Gasteiger partial charge in [-0.05, 0) is 82.6 Å². The first kappa shape index (κ1) is 44.0. The van der Waals surface area contributed by atoms with Crippen LogP contribution < -0.4 is 24.8 Å². The standard InChI is InChI=1S/C41H54F3N5O9S/c1-7-56-31-19-26-13-9-11-15-29(26)34(45-31)57-28-20-30-33(50)47-41(36(52)48-59(54,55)40(23-42)16-17-40)21-27(41)14-10-8-12-24(2)18-25(3)32(35(51)49(30)22-28)46-37(53)58-38(4,5)39(6,43)44/h9-11,13-15,19,24-25,27-28,30,32H,7-8,12,16-18,20-23H2,1-6H3,(H,46,53)(H,47,50)(H,48,52)/b14-10-/t24-,25-,27?,28-,30+,32+,41-/m1/s1. The number of hydrogen-bond donors (Lipinski definition) is 3. The molecule has 59 heavy (non-hydrogen) atoms. The average Bonchev–Trinajstić information content (AvgIpc) is 4.06. The summed E-state index contributed by atoms with van der Waals surface area (Å²) in [4.78, 5) is 62.4. The van der Waals surface area contributed by atoms with Gasteiger partial charge in [0.25, 0.3) is 11.8 Å². The Morgan fingerprint density at radius 2 is 1.81 bits per heavy atom. The molecule has 1 aromatic heterocycles. The number of amides is 4. The van der Waals surface area contributed by atoms with E-state index in [-0.39, 0.29) is 49.9 Å². The van der Waals surface area contributed by atoms with E-state index in [4.69, 9.17) is 14.2 Å². The fourth-order valence-electron chi connectivity index (χ4n) is 7.84. The van der Waals surface area contributed by atoms with E-state index in [0.29, 0.717) is 38.2 Å². The van der Waals surface area contributed by atoms with Crippen LogP contribution in [0.2, 0.25) is 0 Å². The van der Waals surface area contributed by atoms with E-state index in [1.54, 1.807) is 38.1 Å². The lowest BCUT2D eigenvalue weighted by Crippen LogP contribution is -2.60. The number of aromatic nitrogens is 1. The van der Waals surface area contributed by atoms with Gasteiger partial charge >= 0.3 is 6.09 Å². The Morgan fingerprint density at radius 3 is 2.47 bits per heavy atom. The number of nitrogens with zero attached hydrogens (tertiary/aromatic N) is 2. The number of nitrogens with one attached hydrogen (secondary N) is 3. The van der Waals surface area contributed by atoms with Crippen LogP contribution in [0, 0.1) is 17.8 Å². The molecule has 1 aromatic carbocycles. The fraction of sp³-hybridized carbons (Fsp3) is 0.634. The number of carbonyl (C=O) groups excluding carboxylic acids is 4. The summed E-state index contributed by atoms with van der Waals surface area (Å²) in [6.07, 6.45) is 3.04. The van der Waals surface area contributed by atoms with Crippen molar-refractivity contribution in [2.45, 2.75) is 126 Å². The molecule has 324 valence electrons. The van der Waals surface area contributed by atoms with Crippen molar-refractivity contribution in [1.82, 2.24) is 25.2 Å². The molecule has 2 saturated carbocycles. The fourth-order valence-corrected chi connectivity index (χ4v) is 9.27. The molecule has 18 heteroatoms. The Morgan fingerprint density at radius 1 is 1.10 bits per heavy atom. The molecule has 4 amide bonds. The van der Waals surface area contributed by atoms with Gasteiger partial charge in [0, 0.05) is 30.7 Å². The largest absolute Gasteiger partial charge is 0.478 e. The van der Waals surface area contributed by atoms with Crippen LogP contribution in [-0.2, 0) is 29.1 Å². The number of benzene rings is 1. The van der Waals surface area contributed by atoms with Crippen molar-refractivity contribution in [2.75, 3.05) is 19.8 Å². The van der Waals surface area contributed by atoms with Gasteiger partial charge in [0.15, 0.2) is 5.60 Å². The summed E-state index contributed by atoms with van der Waals surface area (Å²) in [5.74, 6) is -6.73. The van der Waals surface area contributed by atoms with E-state index in [1.807, 2.05) is 29.9 Å². The van der Waals surface area contributed by atoms with Gasteiger partial charge in [-0.15, -0.1) is 0 Å². The summed E-state index contributed by atoms with van der Waals surface area (Å²) < 4.78 is 86.7. The summed E-state index contributed by atoms with van der Waals surface area (Å²) in [6.45, 7) is 7.16. The van der Waals surface area contributed by atoms with Crippen LogP contribution in [0.15, 0.2) is 42.5 Å². The molecule has 7 atom stereocenters. The zero-order valence-electron chi connectivity index (χ0n) is 34.2. The SMILES string of the molecule is CCOc1cc2ccccc2c(O[C@@H]2C[C@H]3C(=O)N[C@]4(C(=O)NS(=O)(=O)C5(CF)CC5)CC4/C=C\CC[C@@H](C)C[C@@H](C)[C@H](NC(=O)OC(C)(C)C(C)(F)F)C(=O)N3C2)n1. The first-order valence-electron chi connectivity index (χ1n) is 20.1. The van der Waals surface area contributed by atoms with Gasteiger partial charge in [0.05, 0.1) is 13.2 Å². The van der Waals surface area contributed by atoms with Crippen molar-refractivity contribution in [3.8, 4) is 11.8 Å². The Hall–Kier alpha value is -4.61.